The molecule has 3 amide bonds. The summed E-state index contributed by atoms with van der Waals surface area (Å²) in [5.74, 6) is -2.46. The molecule has 1 aromatic carbocycles. The summed E-state index contributed by atoms with van der Waals surface area (Å²) >= 11 is 0. The average molecular weight is 489 g/mol. The summed E-state index contributed by atoms with van der Waals surface area (Å²) in [5.41, 5.74) is -0.174. The zero-order valence-corrected chi connectivity index (χ0v) is 18.6. The predicted molar refractivity (Wildman–Crippen MR) is 112 cm³/mol. The molecule has 12 nitrogen and oxygen atoms in total. The van der Waals surface area contributed by atoms with Crippen LogP contribution in [0.15, 0.2) is 63.2 Å². The van der Waals surface area contributed by atoms with Crippen molar-refractivity contribution in [2.45, 2.75) is 17.9 Å². The van der Waals surface area contributed by atoms with E-state index in [1.807, 2.05) is 0 Å². The monoisotopic (exact) mass is 489 g/mol. The van der Waals surface area contributed by atoms with Gasteiger partial charge in [0.05, 0.1) is 29.7 Å². The van der Waals surface area contributed by atoms with Gasteiger partial charge in [-0.1, -0.05) is 12.1 Å². The van der Waals surface area contributed by atoms with Crippen LogP contribution in [0.3, 0.4) is 0 Å². The Bertz CT molecular complexity index is 1300. The number of urea groups is 1. The van der Waals surface area contributed by atoms with Crippen LogP contribution in [0.2, 0.25) is 0 Å². The molecule has 1 atom stereocenters. The highest BCUT2D eigenvalue weighted by atomic mass is 32.2. The molecule has 0 bridgehead atoms. The van der Waals surface area contributed by atoms with Gasteiger partial charge in [-0.15, -0.1) is 0 Å². The molecule has 0 saturated heterocycles. The summed E-state index contributed by atoms with van der Waals surface area (Å²) < 4.78 is 41.1. The molecule has 0 fully saturated rings. The topological polar surface area (TPSA) is 161 Å². The lowest BCUT2D eigenvalue weighted by Crippen LogP contribution is -2.47. The van der Waals surface area contributed by atoms with E-state index < -0.39 is 53.1 Å². The number of ether oxygens (including phenoxy) is 2. The molecular formula is C21H19N3O9S. The summed E-state index contributed by atoms with van der Waals surface area (Å²) in [6, 6.07) is 6.99. The Kier molecular flexibility index (Phi) is 6.11. The van der Waals surface area contributed by atoms with Crippen LogP contribution in [-0.2, 0) is 29.1 Å². The molecule has 4 rings (SSSR count). The first-order valence-corrected chi connectivity index (χ1v) is 11.5. The fourth-order valence-corrected chi connectivity index (χ4v) is 5.07. The first kappa shape index (κ1) is 23.0. The number of hydrogen-bond donors (Lipinski definition) is 2. The summed E-state index contributed by atoms with van der Waals surface area (Å²) in [7, 11) is -4.21. The van der Waals surface area contributed by atoms with E-state index >= 15 is 0 Å². The van der Waals surface area contributed by atoms with Crippen molar-refractivity contribution in [3.8, 4) is 0 Å². The summed E-state index contributed by atoms with van der Waals surface area (Å²) in [6.07, 6.45) is 1.36. The number of amides is 3. The molecule has 0 saturated carbocycles. The average Bonchev–Trinajstić information content (AvgIpc) is 3.40. The van der Waals surface area contributed by atoms with Gasteiger partial charge in [0, 0.05) is 0 Å². The van der Waals surface area contributed by atoms with E-state index in [-0.39, 0.29) is 34.1 Å². The number of esters is 2. The number of sulfonamides is 1. The molecule has 0 spiro atoms. The van der Waals surface area contributed by atoms with E-state index in [1.54, 1.807) is 19.1 Å². The maximum atomic E-state index is 12.6. The number of nitrogens with zero attached hydrogens (tertiary/aromatic N) is 1. The summed E-state index contributed by atoms with van der Waals surface area (Å²) in [4.78, 5) is 49.5. The zero-order chi connectivity index (χ0) is 24.5. The van der Waals surface area contributed by atoms with Gasteiger partial charge in [0.25, 0.3) is 15.9 Å². The molecule has 2 aliphatic rings. The van der Waals surface area contributed by atoms with Gasteiger partial charge >= 0.3 is 18.0 Å². The second kappa shape index (κ2) is 9.02. The largest absolute Gasteiger partial charge is 0.467 e. The smallest absolute Gasteiger partial charge is 0.338 e. The molecular weight excluding hydrogens is 470 g/mol. The van der Waals surface area contributed by atoms with E-state index in [4.69, 9.17) is 13.9 Å². The Morgan fingerprint density at radius 3 is 2.56 bits per heavy atom. The normalized spacial score (nSPS) is 18.7. The number of benzene rings is 1. The Labute approximate surface area is 193 Å². The molecule has 178 valence electrons. The minimum Gasteiger partial charge on any atom is -0.467 e. The lowest BCUT2D eigenvalue weighted by atomic mass is 10.0. The molecule has 13 heteroatoms. The van der Waals surface area contributed by atoms with E-state index in [1.165, 1.54) is 30.5 Å². The van der Waals surface area contributed by atoms with Gasteiger partial charge in [-0.05, 0) is 31.2 Å². The fraction of sp³-hybridized carbons (Fsp3) is 0.238. The van der Waals surface area contributed by atoms with Gasteiger partial charge in [0.1, 0.15) is 29.8 Å². The maximum Gasteiger partial charge on any atom is 0.338 e. The third-order valence-electron chi connectivity index (χ3n) is 5.04. The minimum absolute atomic E-state index is 0.0453. The van der Waals surface area contributed by atoms with Gasteiger partial charge in [-0.25, -0.2) is 22.3 Å². The van der Waals surface area contributed by atoms with Crippen LogP contribution in [-0.4, -0.2) is 56.4 Å². The quantitative estimate of drug-likeness (QED) is 0.537. The van der Waals surface area contributed by atoms with Crippen molar-refractivity contribution < 1.29 is 41.5 Å². The van der Waals surface area contributed by atoms with Crippen LogP contribution < -0.4 is 10.6 Å². The van der Waals surface area contributed by atoms with E-state index in [0.717, 1.165) is 0 Å². The number of carbonyl (C=O) groups is 4. The molecule has 2 aliphatic heterocycles. The lowest BCUT2D eigenvalue weighted by molar-refractivity contribution is -0.143. The van der Waals surface area contributed by atoms with Crippen molar-refractivity contribution in [1.82, 2.24) is 14.9 Å². The fourth-order valence-electron chi connectivity index (χ4n) is 3.55. The summed E-state index contributed by atoms with van der Waals surface area (Å²) in [5, 5.41) is 4.93. The summed E-state index contributed by atoms with van der Waals surface area (Å²) in [6.45, 7) is 0.169. The highest BCUT2D eigenvalue weighted by Gasteiger charge is 2.42. The van der Waals surface area contributed by atoms with E-state index in [2.05, 4.69) is 10.6 Å². The van der Waals surface area contributed by atoms with Crippen LogP contribution in [0.1, 0.15) is 29.1 Å². The second-order valence-corrected chi connectivity index (χ2v) is 8.96. The van der Waals surface area contributed by atoms with Crippen molar-refractivity contribution in [1.29, 1.82) is 0 Å². The number of carbonyl (C=O) groups excluding carboxylic acids is 4. The van der Waals surface area contributed by atoms with Crippen LogP contribution >= 0.6 is 0 Å². The third-order valence-corrected chi connectivity index (χ3v) is 6.83. The number of rotatable bonds is 7. The highest BCUT2D eigenvalue weighted by Crippen LogP contribution is 2.30. The van der Waals surface area contributed by atoms with Crippen molar-refractivity contribution >= 4 is 33.9 Å². The Morgan fingerprint density at radius 2 is 1.88 bits per heavy atom. The van der Waals surface area contributed by atoms with Crippen molar-refractivity contribution in [3.05, 3.63) is 65.3 Å². The van der Waals surface area contributed by atoms with Crippen molar-refractivity contribution in [2.75, 3.05) is 19.8 Å². The lowest BCUT2D eigenvalue weighted by Gasteiger charge is -2.27. The molecule has 34 heavy (non-hydrogen) atoms. The molecule has 0 radical (unpaired) electrons. The molecule has 1 unspecified atom stereocenters. The predicted octanol–water partition coefficient (Wildman–Crippen LogP) is 0.839. The van der Waals surface area contributed by atoms with Gasteiger partial charge in [-0.3, -0.25) is 9.59 Å². The zero-order valence-electron chi connectivity index (χ0n) is 17.8. The van der Waals surface area contributed by atoms with Gasteiger partial charge in [0.15, 0.2) is 0 Å². The van der Waals surface area contributed by atoms with Crippen molar-refractivity contribution in [3.63, 3.8) is 0 Å². The van der Waals surface area contributed by atoms with Crippen LogP contribution in [0.25, 0.3) is 0 Å². The van der Waals surface area contributed by atoms with Crippen LogP contribution in [0.5, 0.6) is 0 Å². The second-order valence-electron chi connectivity index (χ2n) is 7.13. The number of hydrogen-bond acceptors (Lipinski definition) is 9. The van der Waals surface area contributed by atoms with Gasteiger partial charge in [0.2, 0.25) is 0 Å². The van der Waals surface area contributed by atoms with Gasteiger partial charge in [-0.2, -0.15) is 0 Å². The molecule has 1 aromatic heterocycles. The van der Waals surface area contributed by atoms with Gasteiger partial charge < -0.3 is 24.5 Å². The molecule has 3 heterocycles. The van der Waals surface area contributed by atoms with E-state index in [9.17, 15) is 27.6 Å². The standard InChI is InChI=1S/C21H19N3O9S/c1-2-31-20(27)17-13(22-21(28)23-18(17)14-7-5-9-32-14)11-33-16(25)10-24-19(26)12-6-3-4-8-15(12)34(24,29)30/h3-9,18H,2,10-11H2,1H3,(H2,22,23,28). The third kappa shape index (κ3) is 4.12. The highest BCUT2D eigenvalue weighted by molar-refractivity contribution is 7.90. The van der Waals surface area contributed by atoms with Crippen LogP contribution in [0, 0.1) is 0 Å². The first-order chi connectivity index (χ1) is 16.2. The first-order valence-electron chi connectivity index (χ1n) is 10.1. The van der Waals surface area contributed by atoms with Crippen molar-refractivity contribution in [2.24, 2.45) is 0 Å². The number of fused-ring (bicyclic) bond motifs is 1. The SMILES string of the molecule is CCOC(=O)C1=C(COC(=O)CN2C(=O)c3ccccc3S2(=O)=O)NC(=O)NC1c1ccco1. The molecule has 2 N–H and O–H groups in total. The molecule has 2 aromatic rings. The number of furan rings is 1. The Morgan fingerprint density at radius 1 is 1.12 bits per heavy atom. The Balaban J connectivity index is 1.54. The van der Waals surface area contributed by atoms with Crippen LogP contribution in [0.4, 0.5) is 4.79 Å². The Hall–Kier alpha value is -4.13. The molecule has 0 aliphatic carbocycles. The minimum atomic E-state index is -4.21. The van der Waals surface area contributed by atoms with E-state index in [0.29, 0.717) is 4.31 Å². The number of nitrogens with one attached hydrogen (secondary N) is 2. The maximum absolute atomic E-state index is 12.6.